The van der Waals surface area contributed by atoms with Crippen LogP contribution in [0, 0.1) is 0 Å². The number of rotatable bonds is 3. The molecule has 0 spiro atoms. The summed E-state index contributed by atoms with van der Waals surface area (Å²) in [5.41, 5.74) is 0. The number of hydrogen-bond donors (Lipinski definition) is 1. The molecule has 0 saturated carbocycles. The third-order valence-corrected chi connectivity index (χ3v) is 2.39. The Balaban J connectivity index is 2.12. The van der Waals surface area contributed by atoms with Crippen LogP contribution < -0.4 is 10.2 Å². The fourth-order valence-electron chi connectivity index (χ4n) is 1.55. The lowest BCUT2D eigenvalue weighted by Crippen LogP contribution is -2.57. The first-order valence-corrected chi connectivity index (χ1v) is 4.67. The molecule has 1 saturated heterocycles. The Hall–Kier alpha value is -1.16. The van der Waals surface area contributed by atoms with E-state index in [2.05, 4.69) is 27.3 Å². The van der Waals surface area contributed by atoms with Crippen LogP contribution in [0.4, 0.5) is 5.82 Å². The highest BCUT2D eigenvalue weighted by atomic mass is 15.3. The number of nitrogens with one attached hydrogen (secondary N) is 1. The van der Waals surface area contributed by atoms with Gasteiger partial charge in [-0.05, 0) is 19.1 Å². The first-order chi connectivity index (χ1) is 6.42. The smallest absolute Gasteiger partial charge is 0.151 e. The maximum atomic E-state index is 4.10. The molecule has 1 aliphatic rings. The quantitative estimate of drug-likeness (QED) is 0.721. The second-order valence-corrected chi connectivity index (χ2v) is 3.18. The van der Waals surface area contributed by atoms with Crippen LogP contribution in [-0.4, -0.2) is 35.9 Å². The lowest BCUT2D eigenvalue weighted by Gasteiger charge is -2.38. The number of anilines is 1. The third-order valence-electron chi connectivity index (χ3n) is 2.39. The van der Waals surface area contributed by atoms with Gasteiger partial charge in [0.1, 0.15) is 0 Å². The molecule has 0 aromatic carbocycles. The first-order valence-electron chi connectivity index (χ1n) is 4.67. The summed E-state index contributed by atoms with van der Waals surface area (Å²) in [5, 5.41) is 11.2. The zero-order valence-electron chi connectivity index (χ0n) is 7.77. The van der Waals surface area contributed by atoms with Gasteiger partial charge in [0.25, 0.3) is 0 Å². The minimum atomic E-state index is 0.599. The van der Waals surface area contributed by atoms with Crippen molar-refractivity contribution in [2.45, 2.75) is 13.0 Å². The van der Waals surface area contributed by atoms with Crippen LogP contribution in [0.3, 0.4) is 0 Å². The number of aromatic nitrogens is 2. The molecule has 0 atom stereocenters. The average Bonchev–Trinajstić information content (AvgIpc) is 2.12. The van der Waals surface area contributed by atoms with E-state index in [9.17, 15) is 0 Å². The molecule has 0 amide bonds. The van der Waals surface area contributed by atoms with Gasteiger partial charge in [-0.3, -0.25) is 0 Å². The standard InChI is InChI=1S/C9H14N4/c1-2-13(8-6-10-7-8)9-4-3-5-11-12-9/h3-5,8,10H,2,6-7H2,1H3. The fraction of sp³-hybridized carbons (Fsp3) is 0.556. The van der Waals surface area contributed by atoms with Gasteiger partial charge in [-0.25, -0.2) is 0 Å². The van der Waals surface area contributed by atoms with Gasteiger partial charge in [-0.1, -0.05) is 0 Å². The Kier molecular flexibility index (Phi) is 2.40. The van der Waals surface area contributed by atoms with Crippen LogP contribution in [0.25, 0.3) is 0 Å². The van der Waals surface area contributed by atoms with E-state index < -0.39 is 0 Å². The molecule has 1 aromatic heterocycles. The Morgan fingerprint density at radius 3 is 2.92 bits per heavy atom. The number of nitrogens with zero attached hydrogens (tertiary/aromatic N) is 3. The minimum Gasteiger partial charge on any atom is -0.350 e. The number of hydrogen-bond acceptors (Lipinski definition) is 4. The zero-order valence-corrected chi connectivity index (χ0v) is 7.77. The van der Waals surface area contributed by atoms with E-state index in [1.165, 1.54) is 0 Å². The van der Waals surface area contributed by atoms with Crippen molar-refractivity contribution in [1.82, 2.24) is 15.5 Å². The summed E-state index contributed by atoms with van der Waals surface area (Å²) in [5.74, 6) is 0.983. The third kappa shape index (κ3) is 1.62. The minimum absolute atomic E-state index is 0.599. The van der Waals surface area contributed by atoms with E-state index >= 15 is 0 Å². The SMILES string of the molecule is CCN(c1cccnn1)C1CNC1. The predicted octanol–water partition coefficient (Wildman–Crippen LogP) is 0.275. The van der Waals surface area contributed by atoms with Crippen molar-refractivity contribution in [2.24, 2.45) is 0 Å². The van der Waals surface area contributed by atoms with E-state index in [0.29, 0.717) is 6.04 Å². The van der Waals surface area contributed by atoms with E-state index in [1.54, 1.807) is 6.20 Å². The average molecular weight is 178 g/mol. The Bertz CT molecular complexity index is 258. The molecule has 0 radical (unpaired) electrons. The molecule has 0 aliphatic carbocycles. The predicted molar refractivity (Wildman–Crippen MR) is 51.7 cm³/mol. The Morgan fingerprint density at radius 2 is 2.46 bits per heavy atom. The Labute approximate surface area is 78.0 Å². The van der Waals surface area contributed by atoms with Gasteiger partial charge in [-0.2, -0.15) is 5.10 Å². The molecular weight excluding hydrogens is 164 g/mol. The van der Waals surface area contributed by atoms with Gasteiger partial charge in [0.05, 0.1) is 6.04 Å². The van der Waals surface area contributed by atoms with Crippen molar-refractivity contribution < 1.29 is 0 Å². The van der Waals surface area contributed by atoms with Crippen molar-refractivity contribution in [1.29, 1.82) is 0 Å². The van der Waals surface area contributed by atoms with Gasteiger partial charge < -0.3 is 10.2 Å². The lowest BCUT2D eigenvalue weighted by molar-refractivity contribution is 0.414. The summed E-state index contributed by atoms with van der Waals surface area (Å²) >= 11 is 0. The normalized spacial score (nSPS) is 16.7. The summed E-state index contributed by atoms with van der Waals surface area (Å²) in [6, 6.07) is 4.54. The highest BCUT2D eigenvalue weighted by Gasteiger charge is 2.24. The van der Waals surface area contributed by atoms with Crippen molar-refractivity contribution in [3.63, 3.8) is 0 Å². The molecule has 1 fully saturated rings. The van der Waals surface area contributed by atoms with Crippen molar-refractivity contribution in [3.8, 4) is 0 Å². The molecule has 2 rings (SSSR count). The van der Waals surface area contributed by atoms with Gasteiger partial charge in [0.15, 0.2) is 5.82 Å². The highest BCUT2D eigenvalue weighted by molar-refractivity contribution is 5.38. The molecule has 1 aliphatic heterocycles. The molecule has 0 unspecified atom stereocenters. The maximum Gasteiger partial charge on any atom is 0.151 e. The largest absolute Gasteiger partial charge is 0.350 e. The summed E-state index contributed by atoms with van der Waals surface area (Å²) in [4.78, 5) is 2.28. The molecule has 13 heavy (non-hydrogen) atoms. The van der Waals surface area contributed by atoms with Gasteiger partial charge in [0, 0.05) is 25.8 Å². The fourth-order valence-corrected chi connectivity index (χ4v) is 1.55. The zero-order chi connectivity index (χ0) is 9.10. The lowest BCUT2D eigenvalue weighted by atomic mass is 10.1. The Morgan fingerprint density at radius 1 is 1.62 bits per heavy atom. The van der Waals surface area contributed by atoms with Crippen LogP contribution in [0.1, 0.15) is 6.92 Å². The van der Waals surface area contributed by atoms with E-state index in [0.717, 1.165) is 25.5 Å². The van der Waals surface area contributed by atoms with Crippen LogP contribution in [-0.2, 0) is 0 Å². The summed E-state index contributed by atoms with van der Waals surface area (Å²) in [6.07, 6.45) is 1.70. The summed E-state index contributed by atoms with van der Waals surface area (Å²) in [6.45, 7) is 5.26. The van der Waals surface area contributed by atoms with Gasteiger partial charge in [-0.15, -0.1) is 5.10 Å². The molecule has 70 valence electrons. The van der Waals surface area contributed by atoms with Crippen LogP contribution >= 0.6 is 0 Å². The second-order valence-electron chi connectivity index (χ2n) is 3.18. The summed E-state index contributed by atoms with van der Waals surface area (Å²) < 4.78 is 0. The molecule has 1 N–H and O–H groups in total. The molecule has 1 aromatic rings. The van der Waals surface area contributed by atoms with Crippen molar-refractivity contribution in [3.05, 3.63) is 18.3 Å². The van der Waals surface area contributed by atoms with Crippen LogP contribution in [0.15, 0.2) is 18.3 Å². The number of likely N-dealkylation sites (N-methyl/N-ethyl adjacent to an activating group) is 1. The first kappa shape index (κ1) is 8.44. The maximum absolute atomic E-state index is 4.10. The molecule has 0 bridgehead atoms. The second kappa shape index (κ2) is 3.70. The van der Waals surface area contributed by atoms with E-state index in [1.807, 2.05) is 12.1 Å². The van der Waals surface area contributed by atoms with Crippen LogP contribution in [0.2, 0.25) is 0 Å². The summed E-state index contributed by atoms with van der Waals surface area (Å²) in [7, 11) is 0. The van der Waals surface area contributed by atoms with Gasteiger partial charge in [0.2, 0.25) is 0 Å². The van der Waals surface area contributed by atoms with E-state index in [4.69, 9.17) is 0 Å². The molecule has 4 nitrogen and oxygen atoms in total. The molecule has 2 heterocycles. The van der Waals surface area contributed by atoms with Crippen LogP contribution in [0.5, 0.6) is 0 Å². The van der Waals surface area contributed by atoms with Crippen molar-refractivity contribution >= 4 is 5.82 Å². The van der Waals surface area contributed by atoms with Gasteiger partial charge >= 0.3 is 0 Å². The molecular formula is C9H14N4. The van der Waals surface area contributed by atoms with Crippen molar-refractivity contribution in [2.75, 3.05) is 24.5 Å². The molecule has 4 heteroatoms. The highest BCUT2D eigenvalue weighted by Crippen LogP contribution is 2.13. The van der Waals surface area contributed by atoms with E-state index in [-0.39, 0.29) is 0 Å². The topological polar surface area (TPSA) is 41.1 Å². The monoisotopic (exact) mass is 178 g/mol.